The normalized spacial score (nSPS) is 14.1. The highest BCUT2D eigenvalue weighted by Gasteiger charge is 2.14. The smallest absolute Gasteiger partial charge is 0.163 e. The molecule has 0 radical (unpaired) electrons. The number of methoxy groups -OCH3 is 1. The third-order valence-electron chi connectivity index (χ3n) is 2.10. The van der Waals surface area contributed by atoms with Crippen LogP contribution in [0, 0.1) is 0 Å². The third-order valence-corrected chi connectivity index (χ3v) is 2.10. The van der Waals surface area contributed by atoms with Crippen LogP contribution in [0.2, 0.25) is 0 Å². The Morgan fingerprint density at radius 2 is 1.93 bits per heavy atom. The monoisotopic (exact) mass is 195 g/mol. The molecule has 0 unspecified atom stereocenters. The molecule has 2 N–H and O–H groups in total. The maximum Gasteiger partial charge on any atom is 0.163 e. The molecular weight excluding hydrogens is 182 g/mol. The summed E-state index contributed by atoms with van der Waals surface area (Å²) >= 11 is 0. The van der Waals surface area contributed by atoms with E-state index in [1.807, 2.05) is 6.07 Å². The van der Waals surface area contributed by atoms with Gasteiger partial charge in [-0.05, 0) is 6.07 Å². The number of anilines is 1. The van der Waals surface area contributed by atoms with Crippen molar-refractivity contribution in [3.8, 4) is 11.5 Å². The molecule has 1 aliphatic heterocycles. The van der Waals surface area contributed by atoms with Gasteiger partial charge < -0.3 is 19.9 Å². The van der Waals surface area contributed by atoms with Crippen LogP contribution in [0.4, 0.5) is 5.69 Å². The van der Waals surface area contributed by atoms with E-state index >= 15 is 0 Å². The molecule has 4 heteroatoms. The zero-order valence-electron chi connectivity index (χ0n) is 8.08. The third kappa shape index (κ3) is 1.61. The Hall–Kier alpha value is -1.42. The molecule has 1 aliphatic rings. The van der Waals surface area contributed by atoms with E-state index in [9.17, 15) is 0 Å². The fraction of sp³-hybridized carbons (Fsp3) is 0.400. The number of rotatable bonds is 2. The maximum absolute atomic E-state index is 5.82. The van der Waals surface area contributed by atoms with E-state index in [2.05, 4.69) is 0 Å². The van der Waals surface area contributed by atoms with Crippen molar-refractivity contribution in [3.63, 3.8) is 0 Å². The summed E-state index contributed by atoms with van der Waals surface area (Å²) in [7, 11) is 1.64. The highest BCUT2D eigenvalue weighted by atomic mass is 16.6. The molecule has 0 fully saturated rings. The highest BCUT2D eigenvalue weighted by molar-refractivity contribution is 5.58. The molecular formula is C10H13NO3. The molecule has 2 rings (SSSR count). The van der Waals surface area contributed by atoms with Gasteiger partial charge in [0.2, 0.25) is 0 Å². The van der Waals surface area contributed by atoms with Gasteiger partial charge in [0.05, 0.1) is 6.61 Å². The Morgan fingerprint density at radius 1 is 1.29 bits per heavy atom. The van der Waals surface area contributed by atoms with Crippen molar-refractivity contribution in [2.75, 3.05) is 26.1 Å². The van der Waals surface area contributed by atoms with Gasteiger partial charge in [-0.3, -0.25) is 0 Å². The van der Waals surface area contributed by atoms with Gasteiger partial charge in [-0.25, -0.2) is 0 Å². The van der Waals surface area contributed by atoms with Gasteiger partial charge in [0.15, 0.2) is 11.5 Å². The first-order valence-corrected chi connectivity index (χ1v) is 4.48. The summed E-state index contributed by atoms with van der Waals surface area (Å²) in [4.78, 5) is 0. The van der Waals surface area contributed by atoms with Gasteiger partial charge in [0, 0.05) is 24.4 Å². The highest BCUT2D eigenvalue weighted by Crippen LogP contribution is 2.34. The molecule has 0 spiro atoms. The number of fused-ring (bicyclic) bond motifs is 1. The summed E-state index contributed by atoms with van der Waals surface area (Å²) in [5.74, 6) is 1.46. The molecule has 0 bridgehead atoms. The molecule has 0 saturated carbocycles. The van der Waals surface area contributed by atoms with E-state index in [0.717, 1.165) is 11.3 Å². The molecule has 1 aromatic carbocycles. The van der Waals surface area contributed by atoms with Crippen LogP contribution in [-0.2, 0) is 11.3 Å². The van der Waals surface area contributed by atoms with Crippen molar-refractivity contribution >= 4 is 5.69 Å². The molecule has 0 saturated heterocycles. The summed E-state index contributed by atoms with van der Waals surface area (Å²) in [5, 5.41) is 0. The van der Waals surface area contributed by atoms with E-state index in [0.29, 0.717) is 31.3 Å². The summed E-state index contributed by atoms with van der Waals surface area (Å²) in [6, 6.07) is 3.65. The lowest BCUT2D eigenvalue weighted by Crippen LogP contribution is -2.16. The quantitative estimate of drug-likeness (QED) is 0.720. The molecule has 14 heavy (non-hydrogen) atoms. The first-order valence-electron chi connectivity index (χ1n) is 4.48. The van der Waals surface area contributed by atoms with E-state index in [4.69, 9.17) is 19.9 Å². The van der Waals surface area contributed by atoms with Crippen molar-refractivity contribution < 1.29 is 14.2 Å². The Balaban J connectivity index is 2.35. The Kier molecular flexibility index (Phi) is 2.45. The van der Waals surface area contributed by atoms with Crippen molar-refractivity contribution in [3.05, 3.63) is 17.7 Å². The largest absolute Gasteiger partial charge is 0.486 e. The lowest BCUT2D eigenvalue weighted by Gasteiger charge is -2.19. The number of benzene rings is 1. The zero-order valence-corrected chi connectivity index (χ0v) is 8.08. The van der Waals surface area contributed by atoms with Crippen LogP contribution < -0.4 is 15.2 Å². The topological polar surface area (TPSA) is 53.7 Å². The van der Waals surface area contributed by atoms with Gasteiger partial charge in [-0.1, -0.05) is 0 Å². The molecule has 1 aromatic rings. The number of nitrogens with two attached hydrogens (primary N) is 1. The van der Waals surface area contributed by atoms with Gasteiger partial charge in [-0.15, -0.1) is 0 Å². The summed E-state index contributed by atoms with van der Waals surface area (Å²) < 4.78 is 15.8. The van der Waals surface area contributed by atoms with Crippen molar-refractivity contribution in [2.24, 2.45) is 0 Å². The fourth-order valence-electron chi connectivity index (χ4n) is 1.43. The maximum atomic E-state index is 5.82. The first kappa shape index (κ1) is 9.15. The predicted molar refractivity (Wildman–Crippen MR) is 52.6 cm³/mol. The van der Waals surface area contributed by atoms with Gasteiger partial charge in [0.1, 0.15) is 13.2 Å². The first-order chi connectivity index (χ1) is 6.81. The average molecular weight is 195 g/mol. The summed E-state index contributed by atoms with van der Waals surface area (Å²) in [6.07, 6.45) is 0. The summed E-state index contributed by atoms with van der Waals surface area (Å²) in [5.41, 5.74) is 7.42. The van der Waals surface area contributed by atoms with E-state index < -0.39 is 0 Å². The second-order valence-electron chi connectivity index (χ2n) is 3.13. The molecule has 1 heterocycles. The van der Waals surface area contributed by atoms with Crippen LogP contribution in [0.25, 0.3) is 0 Å². The SMILES string of the molecule is COCc1cc2c(cc1N)OCCO2. The zero-order chi connectivity index (χ0) is 9.97. The second-order valence-corrected chi connectivity index (χ2v) is 3.13. The summed E-state index contributed by atoms with van der Waals surface area (Å²) in [6.45, 7) is 1.65. The Bertz CT molecular complexity index is 338. The molecule has 4 nitrogen and oxygen atoms in total. The van der Waals surface area contributed by atoms with Crippen molar-refractivity contribution in [1.82, 2.24) is 0 Å². The van der Waals surface area contributed by atoms with E-state index in [1.54, 1.807) is 13.2 Å². The van der Waals surface area contributed by atoms with Gasteiger partial charge >= 0.3 is 0 Å². The van der Waals surface area contributed by atoms with Crippen molar-refractivity contribution in [2.45, 2.75) is 6.61 Å². The number of hydrogen-bond acceptors (Lipinski definition) is 4. The lowest BCUT2D eigenvalue weighted by atomic mass is 10.1. The van der Waals surface area contributed by atoms with Crippen LogP contribution in [-0.4, -0.2) is 20.3 Å². The molecule has 0 amide bonds. The van der Waals surface area contributed by atoms with Crippen LogP contribution in [0.1, 0.15) is 5.56 Å². The van der Waals surface area contributed by atoms with Gasteiger partial charge in [-0.2, -0.15) is 0 Å². The van der Waals surface area contributed by atoms with Crippen LogP contribution in [0.3, 0.4) is 0 Å². The molecule has 0 aromatic heterocycles. The molecule has 0 atom stereocenters. The Morgan fingerprint density at radius 3 is 2.57 bits per heavy atom. The van der Waals surface area contributed by atoms with E-state index in [1.165, 1.54) is 0 Å². The average Bonchev–Trinajstić information content (AvgIpc) is 2.19. The predicted octanol–water partition coefficient (Wildman–Crippen LogP) is 1.19. The number of nitrogen functional groups attached to an aromatic ring is 1. The van der Waals surface area contributed by atoms with Crippen LogP contribution in [0.15, 0.2) is 12.1 Å². The number of ether oxygens (including phenoxy) is 3. The standard InChI is InChI=1S/C10H13NO3/c1-12-6-7-4-9-10(5-8(7)11)14-3-2-13-9/h4-5H,2-3,6,11H2,1H3. The number of hydrogen-bond donors (Lipinski definition) is 1. The Labute approximate surface area is 82.6 Å². The van der Waals surface area contributed by atoms with Crippen LogP contribution in [0.5, 0.6) is 11.5 Å². The second kappa shape index (κ2) is 3.75. The fourth-order valence-corrected chi connectivity index (χ4v) is 1.43. The minimum atomic E-state index is 0.489. The van der Waals surface area contributed by atoms with Crippen LogP contribution >= 0.6 is 0 Å². The lowest BCUT2D eigenvalue weighted by molar-refractivity contribution is 0.168. The molecule has 0 aliphatic carbocycles. The van der Waals surface area contributed by atoms with E-state index in [-0.39, 0.29) is 0 Å². The minimum absolute atomic E-state index is 0.489. The van der Waals surface area contributed by atoms with Gasteiger partial charge in [0.25, 0.3) is 0 Å². The van der Waals surface area contributed by atoms with Crippen molar-refractivity contribution in [1.29, 1.82) is 0 Å². The molecule has 76 valence electrons. The minimum Gasteiger partial charge on any atom is -0.486 e.